The van der Waals surface area contributed by atoms with E-state index in [9.17, 15) is 4.79 Å². The quantitative estimate of drug-likeness (QED) is 0.431. The molecule has 0 unspecified atom stereocenters. The van der Waals surface area contributed by atoms with Crippen molar-refractivity contribution in [1.29, 1.82) is 0 Å². The van der Waals surface area contributed by atoms with E-state index < -0.39 is 0 Å². The average molecular weight is 450 g/mol. The van der Waals surface area contributed by atoms with Crippen LogP contribution >= 0.6 is 11.6 Å². The van der Waals surface area contributed by atoms with Gasteiger partial charge in [-0.2, -0.15) is 10.2 Å². The molecular weight excluding hydrogens is 426 g/mol. The summed E-state index contributed by atoms with van der Waals surface area (Å²) in [4.78, 5) is 12.6. The molecule has 0 aliphatic heterocycles. The lowest BCUT2D eigenvalue weighted by Gasteiger charge is -2.10. The van der Waals surface area contributed by atoms with E-state index in [1.54, 1.807) is 16.9 Å². The lowest BCUT2D eigenvalue weighted by Crippen LogP contribution is -2.15. The highest BCUT2D eigenvalue weighted by Gasteiger charge is 2.13. The topological polar surface area (TPSA) is 74.0 Å². The molecule has 0 aliphatic rings. The first kappa shape index (κ1) is 21.6. The third kappa shape index (κ3) is 5.00. The predicted molar refractivity (Wildman–Crippen MR) is 124 cm³/mol. The molecule has 4 rings (SSSR count). The summed E-state index contributed by atoms with van der Waals surface area (Å²) in [6.07, 6.45) is 1.70. The van der Waals surface area contributed by atoms with E-state index in [2.05, 4.69) is 15.5 Å². The Morgan fingerprint density at radius 1 is 1.03 bits per heavy atom. The summed E-state index contributed by atoms with van der Waals surface area (Å²) in [5.41, 5.74) is 4.28. The molecule has 0 spiro atoms. The van der Waals surface area contributed by atoms with Crippen molar-refractivity contribution in [3.8, 4) is 5.75 Å². The van der Waals surface area contributed by atoms with Crippen molar-refractivity contribution >= 4 is 23.3 Å². The van der Waals surface area contributed by atoms with Gasteiger partial charge in [0.05, 0.1) is 6.54 Å². The second-order valence-electron chi connectivity index (χ2n) is 7.65. The van der Waals surface area contributed by atoms with Crippen LogP contribution in [-0.4, -0.2) is 25.5 Å². The zero-order valence-corrected chi connectivity index (χ0v) is 18.9. The summed E-state index contributed by atoms with van der Waals surface area (Å²) in [5.74, 6) is 0.859. The van der Waals surface area contributed by atoms with Gasteiger partial charge in [-0.15, -0.1) is 0 Å². The summed E-state index contributed by atoms with van der Waals surface area (Å²) in [6, 6.07) is 17.3. The minimum atomic E-state index is -0.328. The lowest BCUT2D eigenvalue weighted by atomic mass is 10.1. The van der Waals surface area contributed by atoms with Gasteiger partial charge >= 0.3 is 0 Å². The van der Waals surface area contributed by atoms with Gasteiger partial charge in [0, 0.05) is 23.0 Å². The Morgan fingerprint density at radius 3 is 2.47 bits per heavy atom. The largest absolute Gasteiger partial charge is 0.471 e. The minimum absolute atomic E-state index is 0.179. The Morgan fingerprint density at radius 2 is 1.75 bits per heavy atom. The van der Waals surface area contributed by atoms with Crippen molar-refractivity contribution in [1.82, 2.24) is 19.6 Å². The van der Waals surface area contributed by atoms with Crippen LogP contribution in [0.15, 0.2) is 60.8 Å². The maximum absolute atomic E-state index is 12.6. The fourth-order valence-electron chi connectivity index (χ4n) is 3.35. The number of ether oxygens (including phenoxy) is 1. The number of halogens is 1. The van der Waals surface area contributed by atoms with Gasteiger partial charge in [-0.1, -0.05) is 41.9 Å². The summed E-state index contributed by atoms with van der Waals surface area (Å²) < 4.78 is 9.21. The van der Waals surface area contributed by atoms with Gasteiger partial charge in [-0.3, -0.25) is 9.48 Å². The Bertz CT molecular complexity index is 1220. The molecule has 1 amide bonds. The predicted octanol–water partition coefficient (Wildman–Crippen LogP) is 5.00. The van der Waals surface area contributed by atoms with Crippen LogP contribution in [0, 0.1) is 20.8 Å². The normalized spacial score (nSPS) is 10.9. The average Bonchev–Trinajstić information content (AvgIpc) is 3.38. The number of hydrogen-bond acceptors (Lipinski definition) is 4. The number of aromatic nitrogens is 4. The van der Waals surface area contributed by atoms with Crippen LogP contribution in [0.1, 0.15) is 32.9 Å². The highest BCUT2D eigenvalue weighted by Crippen LogP contribution is 2.26. The van der Waals surface area contributed by atoms with Crippen LogP contribution in [0.25, 0.3) is 0 Å². The number of anilines is 1. The van der Waals surface area contributed by atoms with Gasteiger partial charge in [0.1, 0.15) is 5.75 Å². The molecule has 0 aliphatic carbocycles. The molecule has 0 fully saturated rings. The number of carbonyl (C=O) groups is 1. The van der Waals surface area contributed by atoms with Crippen molar-refractivity contribution in [2.24, 2.45) is 0 Å². The Labute approximate surface area is 191 Å². The molecule has 0 saturated carbocycles. The fraction of sp³-hybridized carbons (Fsp3) is 0.208. The third-order valence-electron chi connectivity index (χ3n) is 5.04. The van der Waals surface area contributed by atoms with Crippen molar-refractivity contribution < 1.29 is 9.53 Å². The second-order valence-corrected chi connectivity index (χ2v) is 8.03. The molecule has 164 valence electrons. The molecule has 32 heavy (non-hydrogen) atoms. The van der Waals surface area contributed by atoms with Crippen LogP contribution in [0.3, 0.4) is 0 Å². The molecular formula is C24H24ClN5O2. The van der Waals surface area contributed by atoms with E-state index in [1.165, 1.54) is 0 Å². The van der Waals surface area contributed by atoms with E-state index in [1.807, 2.05) is 74.0 Å². The first-order chi connectivity index (χ1) is 15.4. The number of nitrogens with one attached hydrogen (secondary N) is 1. The Hall–Kier alpha value is -3.58. The maximum atomic E-state index is 12.6. The molecule has 2 aromatic heterocycles. The molecule has 0 bridgehead atoms. The highest BCUT2D eigenvalue weighted by atomic mass is 35.5. The zero-order chi connectivity index (χ0) is 22.7. The van der Waals surface area contributed by atoms with Crippen LogP contribution in [-0.2, 0) is 13.3 Å². The number of carbonyl (C=O) groups excluding carboxylic acids is 1. The SMILES string of the molecule is Cc1cc(OCn2ccc(C(=O)Nc3cc(C)n(Cc4ccccc4)n3)n2)cc(C)c1Cl. The summed E-state index contributed by atoms with van der Waals surface area (Å²) in [5, 5.41) is 12.3. The van der Waals surface area contributed by atoms with Crippen molar-refractivity contribution in [3.63, 3.8) is 0 Å². The first-order valence-corrected chi connectivity index (χ1v) is 10.6. The van der Waals surface area contributed by atoms with Gasteiger partial charge < -0.3 is 10.1 Å². The van der Waals surface area contributed by atoms with Gasteiger partial charge in [0.15, 0.2) is 18.2 Å². The van der Waals surface area contributed by atoms with E-state index in [0.717, 1.165) is 27.4 Å². The van der Waals surface area contributed by atoms with Crippen molar-refractivity contribution in [2.45, 2.75) is 34.0 Å². The molecule has 8 heteroatoms. The third-order valence-corrected chi connectivity index (χ3v) is 5.64. The molecule has 1 N–H and O–H groups in total. The van der Waals surface area contributed by atoms with Crippen LogP contribution in [0.2, 0.25) is 5.02 Å². The Kier molecular flexibility index (Phi) is 6.28. The van der Waals surface area contributed by atoms with Gasteiger partial charge in [0.2, 0.25) is 0 Å². The second kappa shape index (κ2) is 9.28. The number of hydrogen-bond donors (Lipinski definition) is 1. The minimum Gasteiger partial charge on any atom is -0.471 e. The monoisotopic (exact) mass is 449 g/mol. The van der Waals surface area contributed by atoms with E-state index in [0.29, 0.717) is 18.1 Å². The lowest BCUT2D eigenvalue weighted by molar-refractivity contribution is 0.101. The number of rotatable bonds is 7. The summed E-state index contributed by atoms with van der Waals surface area (Å²) in [6.45, 7) is 6.64. The summed E-state index contributed by atoms with van der Waals surface area (Å²) in [7, 11) is 0. The van der Waals surface area contributed by atoms with Crippen molar-refractivity contribution in [2.75, 3.05) is 5.32 Å². The highest BCUT2D eigenvalue weighted by molar-refractivity contribution is 6.32. The van der Waals surface area contributed by atoms with Gasteiger partial charge in [0.25, 0.3) is 5.91 Å². The molecule has 0 saturated heterocycles. The van der Waals surface area contributed by atoms with E-state index in [4.69, 9.17) is 16.3 Å². The summed E-state index contributed by atoms with van der Waals surface area (Å²) >= 11 is 6.20. The van der Waals surface area contributed by atoms with Gasteiger partial charge in [-0.05, 0) is 55.7 Å². The first-order valence-electron chi connectivity index (χ1n) is 10.2. The molecule has 4 aromatic rings. The van der Waals surface area contributed by atoms with Crippen LogP contribution in [0.5, 0.6) is 5.75 Å². The number of aryl methyl sites for hydroxylation is 3. The van der Waals surface area contributed by atoms with E-state index in [-0.39, 0.29) is 18.3 Å². The Balaban J connectivity index is 1.37. The molecule has 0 atom stereocenters. The maximum Gasteiger partial charge on any atom is 0.277 e. The molecule has 2 heterocycles. The van der Waals surface area contributed by atoms with E-state index >= 15 is 0 Å². The molecule has 7 nitrogen and oxygen atoms in total. The number of amides is 1. The van der Waals surface area contributed by atoms with Crippen LogP contribution in [0.4, 0.5) is 5.82 Å². The molecule has 0 radical (unpaired) electrons. The smallest absolute Gasteiger partial charge is 0.277 e. The van der Waals surface area contributed by atoms with Crippen molar-refractivity contribution in [3.05, 3.63) is 93.9 Å². The van der Waals surface area contributed by atoms with Gasteiger partial charge in [-0.25, -0.2) is 4.68 Å². The zero-order valence-electron chi connectivity index (χ0n) is 18.2. The fourth-order valence-corrected chi connectivity index (χ4v) is 3.46. The molecule has 2 aromatic carbocycles. The number of nitrogens with zero attached hydrogens (tertiary/aromatic N) is 4. The number of benzene rings is 2. The van der Waals surface area contributed by atoms with Crippen LogP contribution < -0.4 is 10.1 Å². The standard InChI is InChI=1S/C24H24ClN5O2/c1-16-11-20(12-17(2)23(16)25)32-15-29-10-9-21(27-29)24(31)26-22-13-18(3)30(28-22)14-19-7-5-4-6-8-19/h4-13H,14-15H2,1-3H3,(H,26,28,31).